The Hall–Kier alpha value is -1.24. The van der Waals surface area contributed by atoms with Gasteiger partial charge in [0.15, 0.2) is 5.96 Å². The minimum atomic E-state index is 0.742. The van der Waals surface area contributed by atoms with Crippen LogP contribution in [0.3, 0.4) is 0 Å². The van der Waals surface area contributed by atoms with Gasteiger partial charge in [0.05, 0.1) is 0 Å². The van der Waals surface area contributed by atoms with Gasteiger partial charge in [-0.15, -0.1) is 10.2 Å². The number of aliphatic imine (C=N–C) groups is 1. The van der Waals surface area contributed by atoms with E-state index in [1.54, 1.807) is 12.7 Å². The lowest BCUT2D eigenvalue weighted by atomic mass is 10.3. The number of nitrogens with zero attached hydrogens (tertiary/aromatic N) is 5. The Bertz CT molecular complexity index is 419. The van der Waals surface area contributed by atoms with Gasteiger partial charge in [-0.25, -0.2) is 0 Å². The van der Waals surface area contributed by atoms with Gasteiger partial charge in [0.1, 0.15) is 12.7 Å². The fraction of sp³-hybridized carbons (Fsp3) is 0.786. The van der Waals surface area contributed by atoms with Crippen LogP contribution in [0.2, 0.25) is 0 Å². The molecule has 0 saturated carbocycles. The summed E-state index contributed by atoms with van der Waals surface area (Å²) < 4.78 is 2.02. The van der Waals surface area contributed by atoms with Crippen molar-refractivity contribution in [3.63, 3.8) is 0 Å². The van der Waals surface area contributed by atoms with Gasteiger partial charge in [0.25, 0.3) is 0 Å². The van der Waals surface area contributed by atoms with Crippen LogP contribution < -0.4 is 5.32 Å². The van der Waals surface area contributed by atoms with Crippen molar-refractivity contribution in [2.75, 3.05) is 32.4 Å². The number of thioether (sulfide) groups is 1. The SMILES string of the molecule is CCC1CN(C(=NC)NCCCCn2cnnc2)CCS1. The smallest absolute Gasteiger partial charge is 0.193 e. The summed E-state index contributed by atoms with van der Waals surface area (Å²) in [6.45, 7) is 6.42. The quantitative estimate of drug-likeness (QED) is 0.490. The van der Waals surface area contributed by atoms with E-state index in [0.29, 0.717) is 0 Å². The number of hydrogen-bond donors (Lipinski definition) is 1. The van der Waals surface area contributed by atoms with E-state index in [9.17, 15) is 0 Å². The molecule has 0 spiro atoms. The largest absolute Gasteiger partial charge is 0.356 e. The summed E-state index contributed by atoms with van der Waals surface area (Å²) in [5.74, 6) is 2.25. The number of nitrogens with one attached hydrogen (secondary N) is 1. The lowest BCUT2D eigenvalue weighted by Crippen LogP contribution is -2.48. The average molecular weight is 310 g/mol. The van der Waals surface area contributed by atoms with E-state index < -0.39 is 0 Å². The normalized spacial score (nSPS) is 19.8. The van der Waals surface area contributed by atoms with Crippen molar-refractivity contribution >= 4 is 17.7 Å². The van der Waals surface area contributed by atoms with Crippen LogP contribution in [0.1, 0.15) is 26.2 Å². The van der Waals surface area contributed by atoms with Gasteiger partial charge < -0.3 is 14.8 Å². The van der Waals surface area contributed by atoms with Gasteiger partial charge in [0.2, 0.25) is 0 Å². The van der Waals surface area contributed by atoms with E-state index in [2.05, 4.69) is 44.1 Å². The summed E-state index contributed by atoms with van der Waals surface area (Å²) in [6, 6.07) is 0. The topological polar surface area (TPSA) is 58.3 Å². The lowest BCUT2D eigenvalue weighted by molar-refractivity contribution is 0.407. The maximum atomic E-state index is 4.42. The lowest BCUT2D eigenvalue weighted by Gasteiger charge is -2.34. The van der Waals surface area contributed by atoms with Crippen molar-refractivity contribution in [3.05, 3.63) is 12.7 Å². The first kappa shape index (κ1) is 16.1. The van der Waals surface area contributed by atoms with Crippen LogP contribution in [0.5, 0.6) is 0 Å². The average Bonchev–Trinajstić information content (AvgIpc) is 3.04. The molecule has 2 rings (SSSR count). The summed E-state index contributed by atoms with van der Waals surface area (Å²) in [7, 11) is 1.88. The Labute approximate surface area is 131 Å². The predicted octanol–water partition coefficient (Wildman–Crippen LogP) is 1.46. The van der Waals surface area contributed by atoms with E-state index in [4.69, 9.17) is 0 Å². The van der Waals surface area contributed by atoms with E-state index in [1.807, 2.05) is 11.6 Å². The highest BCUT2D eigenvalue weighted by Crippen LogP contribution is 2.20. The van der Waals surface area contributed by atoms with Crippen LogP contribution in [0.4, 0.5) is 0 Å². The molecule has 2 heterocycles. The number of unbranched alkanes of at least 4 members (excludes halogenated alkanes) is 1. The molecule has 1 aromatic heterocycles. The summed E-state index contributed by atoms with van der Waals surface area (Å²) in [6.07, 6.45) is 7.01. The molecule has 1 N–H and O–H groups in total. The van der Waals surface area contributed by atoms with Crippen molar-refractivity contribution in [2.24, 2.45) is 4.99 Å². The Morgan fingerprint density at radius 2 is 2.19 bits per heavy atom. The molecule has 0 aliphatic carbocycles. The molecule has 1 atom stereocenters. The first-order valence-corrected chi connectivity index (χ1v) is 8.78. The van der Waals surface area contributed by atoms with E-state index in [1.165, 1.54) is 12.2 Å². The molecule has 1 fully saturated rings. The molecule has 0 bridgehead atoms. The zero-order chi connectivity index (χ0) is 14.9. The molecule has 0 aromatic carbocycles. The molecule has 1 aliphatic heterocycles. The molecule has 7 heteroatoms. The number of guanidine groups is 1. The monoisotopic (exact) mass is 310 g/mol. The van der Waals surface area contributed by atoms with Crippen LogP contribution in [-0.4, -0.2) is 63.3 Å². The van der Waals surface area contributed by atoms with Gasteiger partial charge in [-0.1, -0.05) is 6.92 Å². The number of aromatic nitrogens is 3. The molecule has 6 nitrogen and oxygen atoms in total. The fourth-order valence-electron chi connectivity index (χ4n) is 2.45. The van der Waals surface area contributed by atoms with Crippen molar-refractivity contribution in [1.82, 2.24) is 25.0 Å². The maximum Gasteiger partial charge on any atom is 0.193 e. The summed E-state index contributed by atoms with van der Waals surface area (Å²) in [5.41, 5.74) is 0. The third-order valence-corrected chi connectivity index (χ3v) is 5.07. The van der Waals surface area contributed by atoms with E-state index in [-0.39, 0.29) is 0 Å². The van der Waals surface area contributed by atoms with Crippen LogP contribution in [-0.2, 0) is 6.54 Å². The molecule has 0 amide bonds. The van der Waals surface area contributed by atoms with Crippen molar-refractivity contribution in [3.8, 4) is 0 Å². The third kappa shape index (κ3) is 5.22. The second-order valence-electron chi connectivity index (χ2n) is 5.23. The van der Waals surface area contributed by atoms with Gasteiger partial charge in [-0.3, -0.25) is 4.99 Å². The standard InChI is InChI=1S/C14H26N6S/c1-3-13-10-20(8-9-21-13)14(15-2)16-6-4-5-7-19-11-17-18-12-19/h11-13H,3-10H2,1-2H3,(H,15,16). The van der Waals surface area contributed by atoms with Crippen LogP contribution >= 0.6 is 11.8 Å². The van der Waals surface area contributed by atoms with Gasteiger partial charge in [-0.05, 0) is 19.3 Å². The minimum Gasteiger partial charge on any atom is -0.356 e. The highest BCUT2D eigenvalue weighted by atomic mass is 32.2. The number of hydrogen-bond acceptors (Lipinski definition) is 4. The van der Waals surface area contributed by atoms with Crippen LogP contribution in [0, 0.1) is 0 Å². The first-order valence-electron chi connectivity index (χ1n) is 7.73. The summed E-state index contributed by atoms with van der Waals surface area (Å²) in [4.78, 5) is 6.82. The Balaban J connectivity index is 1.65. The molecular weight excluding hydrogens is 284 g/mol. The Morgan fingerprint density at radius 3 is 2.90 bits per heavy atom. The summed E-state index contributed by atoms with van der Waals surface area (Å²) >= 11 is 2.09. The molecule has 118 valence electrons. The second kappa shape index (κ2) is 8.92. The van der Waals surface area contributed by atoms with E-state index in [0.717, 1.165) is 50.2 Å². The van der Waals surface area contributed by atoms with Crippen molar-refractivity contribution in [2.45, 2.75) is 38.0 Å². The van der Waals surface area contributed by atoms with Crippen molar-refractivity contribution < 1.29 is 0 Å². The van der Waals surface area contributed by atoms with E-state index >= 15 is 0 Å². The van der Waals surface area contributed by atoms with Gasteiger partial charge in [0, 0.05) is 44.2 Å². The predicted molar refractivity (Wildman–Crippen MR) is 88.7 cm³/mol. The van der Waals surface area contributed by atoms with Gasteiger partial charge >= 0.3 is 0 Å². The molecule has 21 heavy (non-hydrogen) atoms. The zero-order valence-corrected chi connectivity index (χ0v) is 13.8. The molecule has 1 unspecified atom stereocenters. The van der Waals surface area contributed by atoms with Crippen molar-refractivity contribution in [1.29, 1.82) is 0 Å². The minimum absolute atomic E-state index is 0.742. The van der Waals surface area contributed by atoms with Crippen LogP contribution in [0.15, 0.2) is 17.6 Å². The highest BCUT2D eigenvalue weighted by Gasteiger charge is 2.21. The fourth-order valence-corrected chi connectivity index (χ4v) is 3.63. The van der Waals surface area contributed by atoms with Crippen LogP contribution in [0.25, 0.3) is 0 Å². The number of aryl methyl sites for hydroxylation is 1. The molecule has 1 aliphatic rings. The molecular formula is C14H26N6S. The molecule has 1 saturated heterocycles. The zero-order valence-electron chi connectivity index (χ0n) is 13.0. The second-order valence-corrected chi connectivity index (χ2v) is 6.64. The number of rotatable bonds is 6. The molecule has 0 radical (unpaired) electrons. The maximum absolute atomic E-state index is 4.42. The Morgan fingerprint density at radius 1 is 1.38 bits per heavy atom. The van der Waals surface area contributed by atoms with Gasteiger partial charge in [-0.2, -0.15) is 11.8 Å². The highest BCUT2D eigenvalue weighted by molar-refractivity contribution is 8.00. The Kier molecular flexibility index (Phi) is 6.85. The summed E-state index contributed by atoms with van der Waals surface area (Å²) in [5, 5.41) is 11.8. The molecule has 1 aromatic rings. The third-order valence-electron chi connectivity index (χ3n) is 3.70. The first-order chi connectivity index (χ1) is 10.3.